The second kappa shape index (κ2) is 5.52. The first-order valence-corrected chi connectivity index (χ1v) is 1.67. The maximum atomic E-state index is 6.53. The van der Waals surface area contributed by atoms with Crippen molar-refractivity contribution in [1.82, 2.24) is 0 Å². The van der Waals surface area contributed by atoms with Crippen molar-refractivity contribution in [2.75, 3.05) is 6.54 Å². The van der Waals surface area contributed by atoms with E-state index in [-0.39, 0.29) is 24.9 Å². The molecule has 0 bridgehead atoms. The van der Waals surface area contributed by atoms with E-state index in [2.05, 4.69) is 0 Å². The minimum absolute atomic E-state index is 0. The minimum Gasteiger partial charge on any atom is -0.676 e. The Morgan fingerprint density at radius 1 is 1.83 bits per heavy atom. The molecular formula is C3H9LiN2. The summed E-state index contributed by atoms with van der Waals surface area (Å²) < 4.78 is 0. The van der Waals surface area contributed by atoms with Gasteiger partial charge in [-0.15, -0.1) is 6.54 Å². The van der Waals surface area contributed by atoms with Gasteiger partial charge in [0.25, 0.3) is 0 Å². The third-order valence-corrected chi connectivity index (χ3v) is 0.322. The van der Waals surface area contributed by atoms with Crippen LogP contribution in [0.4, 0.5) is 0 Å². The van der Waals surface area contributed by atoms with Gasteiger partial charge >= 0.3 is 18.9 Å². The van der Waals surface area contributed by atoms with Crippen LogP contribution in [0.1, 0.15) is 6.92 Å². The molecule has 0 saturated carbocycles. The van der Waals surface area contributed by atoms with E-state index in [4.69, 9.17) is 11.5 Å². The van der Waals surface area contributed by atoms with Gasteiger partial charge in [-0.2, -0.15) is 0 Å². The normalized spacial score (nSPS) is 12.5. The molecule has 2 nitrogen and oxygen atoms in total. The SMILES string of the molecule is CC(N)C[NH-].[Li+]. The first-order valence-electron chi connectivity index (χ1n) is 1.67. The van der Waals surface area contributed by atoms with Crippen LogP contribution in [-0.4, -0.2) is 12.6 Å². The molecule has 0 aromatic carbocycles. The average molecular weight is 80.1 g/mol. The van der Waals surface area contributed by atoms with Gasteiger partial charge in [0.05, 0.1) is 0 Å². The molecule has 0 heterocycles. The molecular weight excluding hydrogens is 71.0 g/mol. The molecule has 0 aromatic rings. The second-order valence-electron chi connectivity index (χ2n) is 1.18. The van der Waals surface area contributed by atoms with Gasteiger partial charge in [0.2, 0.25) is 0 Å². The first kappa shape index (κ1) is 9.72. The molecule has 3 N–H and O–H groups in total. The van der Waals surface area contributed by atoms with Gasteiger partial charge in [0.15, 0.2) is 0 Å². The number of nitrogens with one attached hydrogen (secondary N) is 1. The molecule has 1 unspecified atom stereocenters. The van der Waals surface area contributed by atoms with Crippen molar-refractivity contribution in [3.05, 3.63) is 5.73 Å². The molecule has 0 rings (SSSR count). The van der Waals surface area contributed by atoms with Crippen molar-refractivity contribution in [3.63, 3.8) is 0 Å². The van der Waals surface area contributed by atoms with Crippen molar-refractivity contribution < 1.29 is 18.9 Å². The van der Waals surface area contributed by atoms with E-state index < -0.39 is 0 Å². The number of hydrogen-bond donors (Lipinski definition) is 1. The van der Waals surface area contributed by atoms with E-state index in [0.29, 0.717) is 6.54 Å². The van der Waals surface area contributed by atoms with E-state index >= 15 is 0 Å². The largest absolute Gasteiger partial charge is 1.00 e. The molecule has 0 amide bonds. The fraction of sp³-hybridized carbons (Fsp3) is 1.00. The minimum atomic E-state index is 0. The average Bonchev–Trinajstić information content (AvgIpc) is 1.38. The predicted molar refractivity (Wildman–Crippen MR) is 22.8 cm³/mol. The zero-order chi connectivity index (χ0) is 4.28. The fourth-order valence-corrected chi connectivity index (χ4v) is 0. The van der Waals surface area contributed by atoms with Gasteiger partial charge in [-0.3, -0.25) is 0 Å². The summed E-state index contributed by atoms with van der Waals surface area (Å²) in [6.07, 6.45) is 0. The van der Waals surface area contributed by atoms with Gasteiger partial charge in [-0.25, -0.2) is 0 Å². The van der Waals surface area contributed by atoms with E-state index in [1.165, 1.54) is 0 Å². The zero-order valence-electron chi connectivity index (χ0n) is 4.36. The summed E-state index contributed by atoms with van der Waals surface area (Å²) in [7, 11) is 0. The smallest absolute Gasteiger partial charge is 0.676 e. The van der Waals surface area contributed by atoms with Crippen LogP contribution in [-0.2, 0) is 0 Å². The van der Waals surface area contributed by atoms with Crippen molar-refractivity contribution in [2.45, 2.75) is 13.0 Å². The number of nitrogens with two attached hydrogens (primary N) is 1. The Hall–Kier alpha value is 0.517. The molecule has 0 aliphatic carbocycles. The Balaban J connectivity index is 0. The van der Waals surface area contributed by atoms with Crippen molar-refractivity contribution in [1.29, 1.82) is 0 Å². The summed E-state index contributed by atoms with van der Waals surface area (Å²) in [5, 5.41) is 0. The van der Waals surface area contributed by atoms with Gasteiger partial charge in [-0.1, -0.05) is 6.92 Å². The van der Waals surface area contributed by atoms with Crippen LogP contribution in [0.2, 0.25) is 0 Å². The molecule has 0 radical (unpaired) electrons. The molecule has 0 aliphatic heterocycles. The van der Waals surface area contributed by atoms with E-state index in [9.17, 15) is 0 Å². The summed E-state index contributed by atoms with van der Waals surface area (Å²) in [6.45, 7) is 2.15. The molecule has 6 heavy (non-hydrogen) atoms. The number of hydrogen-bond acceptors (Lipinski definition) is 1. The molecule has 3 heteroatoms. The van der Waals surface area contributed by atoms with Gasteiger partial charge < -0.3 is 11.5 Å². The Morgan fingerprint density at radius 3 is 2.00 bits per heavy atom. The summed E-state index contributed by atoms with van der Waals surface area (Å²) in [5.74, 6) is 0. The Kier molecular flexibility index (Phi) is 8.94. The van der Waals surface area contributed by atoms with Gasteiger partial charge in [0, 0.05) is 0 Å². The van der Waals surface area contributed by atoms with Crippen LogP contribution in [0.15, 0.2) is 0 Å². The van der Waals surface area contributed by atoms with Crippen LogP contribution in [0.3, 0.4) is 0 Å². The molecule has 0 aromatic heterocycles. The molecule has 1 atom stereocenters. The fourth-order valence-electron chi connectivity index (χ4n) is 0. The standard InChI is InChI=1S/C3H9N2.Li/c1-3(5)2-4;/h3-4H,2,5H2,1H3;/q-1;+1. The maximum absolute atomic E-state index is 6.53. The van der Waals surface area contributed by atoms with Crippen LogP contribution >= 0.6 is 0 Å². The monoisotopic (exact) mass is 80.1 g/mol. The molecule has 0 saturated heterocycles. The second-order valence-corrected chi connectivity index (χ2v) is 1.18. The molecule has 0 fully saturated rings. The molecule has 32 valence electrons. The quantitative estimate of drug-likeness (QED) is 0.345. The Bertz CT molecular complexity index is 22.8. The van der Waals surface area contributed by atoms with Crippen LogP contribution < -0.4 is 24.6 Å². The molecule has 0 spiro atoms. The van der Waals surface area contributed by atoms with Crippen LogP contribution in [0.25, 0.3) is 5.73 Å². The van der Waals surface area contributed by atoms with E-state index in [0.717, 1.165) is 0 Å². The Labute approximate surface area is 50.4 Å². The third kappa shape index (κ3) is 8.82. The summed E-state index contributed by atoms with van der Waals surface area (Å²) in [5.41, 5.74) is 11.6. The summed E-state index contributed by atoms with van der Waals surface area (Å²) in [4.78, 5) is 0. The topological polar surface area (TPSA) is 49.8 Å². The predicted octanol–water partition coefficient (Wildman–Crippen LogP) is -2.61. The van der Waals surface area contributed by atoms with E-state index in [1.807, 2.05) is 6.92 Å². The molecule has 0 aliphatic rings. The Morgan fingerprint density at radius 2 is 2.00 bits per heavy atom. The van der Waals surface area contributed by atoms with Crippen molar-refractivity contribution in [2.24, 2.45) is 5.73 Å². The first-order chi connectivity index (χ1) is 2.27. The third-order valence-electron chi connectivity index (χ3n) is 0.322. The number of rotatable bonds is 1. The van der Waals surface area contributed by atoms with E-state index in [1.54, 1.807) is 0 Å². The van der Waals surface area contributed by atoms with Gasteiger partial charge in [-0.05, 0) is 6.04 Å². The zero-order valence-corrected chi connectivity index (χ0v) is 4.36. The summed E-state index contributed by atoms with van der Waals surface area (Å²) in [6, 6.07) is 0.0509. The summed E-state index contributed by atoms with van der Waals surface area (Å²) >= 11 is 0. The maximum Gasteiger partial charge on any atom is 1.00 e. The van der Waals surface area contributed by atoms with Crippen molar-refractivity contribution >= 4 is 0 Å². The van der Waals surface area contributed by atoms with Crippen LogP contribution in [0, 0.1) is 0 Å². The van der Waals surface area contributed by atoms with Crippen molar-refractivity contribution in [3.8, 4) is 0 Å². The van der Waals surface area contributed by atoms with Gasteiger partial charge in [0.1, 0.15) is 0 Å². The van der Waals surface area contributed by atoms with Crippen LogP contribution in [0.5, 0.6) is 0 Å².